The lowest BCUT2D eigenvalue weighted by Gasteiger charge is -2.29. The Hall–Kier alpha value is -1.26. The molecule has 0 aromatic heterocycles. The number of fused-ring (bicyclic) bond motifs is 1. The highest BCUT2D eigenvalue weighted by Crippen LogP contribution is 2.32. The predicted molar refractivity (Wildman–Crippen MR) is 71.7 cm³/mol. The van der Waals surface area contributed by atoms with Crippen molar-refractivity contribution in [2.45, 2.75) is 20.4 Å². The van der Waals surface area contributed by atoms with Crippen molar-refractivity contribution < 1.29 is 9.47 Å². The third kappa shape index (κ3) is 3.15. The summed E-state index contributed by atoms with van der Waals surface area (Å²) in [6.07, 6.45) is 0. The Kier molecular flexibility index (Phi) is 3.78. The van der Waals surface area contributed by atoms with Gasteiger partial charge in [-0.2, -0.15) is 0 Å². The van der Waals surface area contributed by atoms with E-state index in [0.717, 1.165) is 24.6 Å². The number of ether oxygens (including phenoxy) is 2. The Bertz CT molecular complexity index is 418. The second-order valence-electron chi connectivity index (χ2n) is 5.73. The Morgan fingerprint density at radius 2 is 2.00 bits per heavy atom. The maximum Gasteiger partial charge on any atom is 0.231 e. The topological polar surface area (TPSA) is 47.7 Å². The van der Waals surface area contributed by atoms with Crippen LogP contribution < -0.4 is 15.2 Å². The van der Waals surface area contributed by atoms with E-state index in [-0.39, 0.29) is 5.41 Å². The molecule has 0 spiro atoms. The predicted octanol–water partition coefficient (Wildman–Crippen LogP) is 1.83. The van der Waals surface area contributed by atoms with Crippen LogP contribution in [0.2, 0.25) is 0 Å². The van der Waals surface area contributed by atoms with E-state index in [2.05, 4.69) is 31.9 Å². The van der Waals surface area contributed by atoms with E-state index >= 15 is 0 Å². The Morgan fingerprint density at radius 1 is 1.28 bits per heavy atom. The number of nitrogens with two attached hydrogens (primary N) is 1. The van der Waals surface area contributed by atoms with E-state index in [1.807, 2.05) is 12.1 Å². The summed E-state index contributed by atoms with van der Waals surface area (Å²) < 4.78 is 10.7. The van der Waals surface area contributed by atoms with E-state index in [4.69, 9.17) is 15.2 Å². The summed E-state index contributed by atoms with van der Waals surface area (Å²) in [5.41, 5.74) is 7.13. The summed E-state index contributed by atoms with van der Waals surface area (Å²) in [5, 5.41) is 0. The summed E-state index contributed by atoms with van der Waals surface area (Å²) in [6, 6.07) is 6.10. The van der Waals surface area contributed by atoms with Crippen molar-refractivity contribution in [3.05, 3.63) is 23.8 Å². The van der Waals surface area contributed by atoms with Gasteiger partial charge in [-0.1, -0.05) is 19.9 Å². The van der Waals surface area contributed by atoms with Crippen molar-refractivity contribution in [1.29, 1.82) is 0 Å². The molecule has 0 atom stereocenters. The van der Waals surface area contributed by atoms with Crippen LogP contribution in [0.5, 0.6) is 11.5 Å². The molecule has 1 aromatic rings. The Balaban J connectivity index is 1.97. The third-order valence-electron chi connectivity index (χ3n) is 3.14. The quantitative estimate of drug-likeness (QED) is 0.866. The average Bonchev–Trinajstić information content (AvgIpc) is 2.75. The lowest BCUT2D eigenvalue weighted by molar-refractivity contribution is 0.174. The molecule has 2 rings (SSSR count). The van der Waals surface area contributed by atoms with Gasteiger partial charge >= 0.3 is 0 Å². The zero-order chi connectivity index (χ0) is 13.2. The van der Waals surface area contributed by atoms with Gasteiger partial charge in [0.2, 0.25) is 6.79 Å². The summed E-state index contributed by atoms with van der Waals surface area (Å²) in [6.45, 7) is 7.25. The number of rotatable bonds is 5. The molecule has 1 aromatic carbocycles. The molecule has 0 saturated carbocycles. The summed E-state index contributed by atoms with van der Waals surface area (Å²) in [4.78, 5) is 2.28. The van der Waals surface area contributed by atoms with Gasteiger partial charge in [-0.15, -0.1) is 0 Å². The van der Waals surface area contributed by atoms with Gasteiger partial charge in [0.25, 0.3) is 0 Å². The molecule has 0 amide bonds. The number of hydrogen-bond donors (Lipinski definition) is 1. The maximum atomic E-state index is 5.76. The minimum Gasteiger partial charge on any atom is -0.454 e. The third-order valence-corrected chi connectivity index (χ3v) is 3.14. The van der Waals surface area contributed by atoms with Crippen LogP contribution in [0.1, 0.15) is 19.4 Å². The van der Waals surface area contributed by atoms with Crippen LogP contribution in [0.15, 0.2) is 18.2 Å². The highest BCUT2D eigenvalue weighted by Gasteiger charge is 2.19. The van der Waals surface area contributed by atoms with Crippen molar-refractivity contribution in [3.63, 3.8) is 0 Å². The molecule has 0 bridgehead atoms. The zero-order valence-electron chi connectivity index (χ0n) is 11.4. The fourth-order valence-corrected chi connectivity index (χ4v) is 2.20. The van der Waals surface area contributed by atoms with Gasteiger partial charge in [0.15, 0.2) is 11.5 Å². The van der Waals surface area contributed by atoms with Crippen LogP contribution in [-0.4, -0.2) is 31.8 Å². The molecule has 0 saturated heterocycles. The molecule has 1 aliphatic rings. The number of nitrogens with zero attached hydrogens (tertiary/aromatic N) is 1. The molecule has 1 heterocycles. The van der Waals surface area contributed by atoms with Gasteiger partial charge in [-0.05, 0) is 36.7 Å². The highest BCUT2D eigenvalue weighted by atomic mass is 16.7. The molecule has 18 heavy (non-hydrogen) atoms. The van der Waals surface area contributed by atoms with Crippen LogP contribution in [-0.2, 0) is 6.54 Å². The van der Waals surface area contributed by atoms with Crippen LogP contribution in [0.3, 0.4) is 0 Å². The average molecular weight is 250 g/mol. The normalized spacial score (nSPS) is 14.3. The van der Waals surface area contributed by atoms with Crippen LogP contribution in [0.4, 0.5) is 0 Å². The maximum absolute atomic E-state index is 5.76. The largest absolute Gasteiger partial charge is 0.454 e. The molecule has 0 aliphatic carbocycles. The van der Waals surface area contributed by atoms with Crippen LogP contribution >= 0.6 is 0 Å². The second kappa shape index (κ2) is 5.16. The van der Waals surface area contributed by atoms with E-state index in [0.29, 0.717) is 13.3 Å². The van der Waals surface area contributed by atoms with Crippen LogP contribution in [0.25, 0.3) is 0 Å². The monoisotopic (exact) mass is 250 g/mol. The van der Waals surface area contributed by atoms with Crippen molar-refractivity contribution in [2.24, 2.45) is 11.1 Å². The number of benzene rings is 1. The molecular formula is C14H22N2O2. The van der Waals surface area contributed by atoms with Gasteiger partial charge < -0.3 is 20.1 Å². The standard InChI is InChI=1S/C14H22N2O2/c1-14(2,8-15)9-16(3)7-11-4-5-12-13(6-11)18-10-17-12/h4-6H,7-10,15H2,1-3H3. The first-order chi connectivity index (χ1) is 8.50. The number of hydrogen-bond acceptors (Lipinski definition) is 4. The van der Waals surface area contributed by atoms with Gasteiger partial charge in [-0.3, -0.25) is 0 Å². The van der Waals surface area contributed by atoms with Gasteiger partial charge in [0.05, 0.1) is 0 Å². The van der Waals surface area contributed by atoms with E-state index < -0.39 is 0 Å². The lowest BCUT2D eigenvalue weighted by Crippen LogP contribution is -2.36. The first kappa shape index (κ1) is 13.2. The first-order valence-corrected chi connectivity index (χ1v) is 6.27. The highest BCUT2D eigenvalue weighted by molar-refractivity contribution is 5.44. The minimum atomic E-state index is 0.144. The van der Waals surface area contributed by atoms with Gasteiger partial charge in [0, 0.05) is 13.1 Å². The van der Waals surface area contributed by atoms with E-state index in [1.165, 1.54) is 5.56 Å². The molecule has 0 fully saturated rings. The smallest absolute Gasteiger partial charge is 0.231 e. The summed E-state index contributed by atoms with van der Waals surface area (Å²) in [7, 11) is 2.11. The van der Waals surface area contributed by atoms with Crippen molar-refractivity contribution in [3.8, 4) is 11.5 Å². The lowest BCUT2D eigenvalue weighted by atomic mass is 9.93. The zero-order valence-corrected chi connectivity index (χ0v) is 11.4. The molecule has 0 unspecified atom stereocenters. The molecule has 0 radical (unpaired) electrons. The second-order valence-corrected chi connectivity index (χ2v) is 5.73. The van der Waals surface area contributed by atoms with E-state index in [1.54, 1.807) is 0 Å². The van der Waals surface area contributed by atoms with Crippen molar-refractivity contribution >= 4 is 0 Å². The molecule has 4 nitrogen and oxygen atoms in total. The van der Waals surface area contributed by atoms with Gasteiger partial charge in [0.1, 0.15) is 0 Å². The molecule has 1 aliphatic heterocycles. The molecular weight excluding hydrogens is 228 g/mol. The molecule has 2 N–H and O–H groups in total. The van der Waals surface area contributed by atoms with E-state index in [9.17, 15) is 0 Å². The van der Waals surface area contributed by atoms with Crippen molar-refractivity contribution in [2.75, 3.05) is 26.9 Å². The fourth-order valence-electron chi connectivity index (χ4n) is 2.20. The minimum absolute atomic E-state index is 0.144. The van der Waals surface area contributed by atoms with Crippen LogP contribution in [0, 0.1) is 5.41 Å². The molecule has 100 valence electrons. The van der Waals surface area contributed by atoms with Gasteiger partial charge in [-0.25, -0.2) is 0 Å². The Labute approximate surface area is 109 Å². The summed E-state index contributed by atoms with van der Waals surface area (Å²) in [5.74, 6) is 1.68. The SMILES string of the molecule is CN(Cc1ccc2c(c1)OCO2)CC(C)(C)CN. The summed E-state index contributed by atoms with van der Waals surface area (Å²) >= 11 is 0. The molecule has 4 heteroatoms. The first-order valence-electron chi connectivity index (χ1n) is 6.27. The Morgan fingerprint density at radius 3 is 2.72 bits per heavy atom. The fraction of sp³-hybridized carbons (Fsp3) is 0.571. The van der Waals surface area contributed by atoms with Crippen molar-refractivity contribution in [1.82, 2.24) is 4.90 Å².